The van der Waals surface area contributed by atoms with Gasteiger partial charge in [0.2, 0.25) is 0 Å². The van der Waals surface area contributed by atoms with Crippen LogP contribution in [-0.2, 0) is 52.7 Å². The predicted octanol–water partition coefficient (Wildman–Crippen LogP) is 30.5. The van der Waals surface area contributed by atoms with E-state index in [4.69, 9.17) is 42.2 Å². The van der Waals surface area contributed by atoms with Crippen LogP contribution in [0.5, 0.6) is 0 Å². The van der Waals surface area contributed by atoms with Gasteiger partial charge in [-0.05, 0) is 465 Å². The maximum atomic E-state index is 13.8. The molecule has 0 bridgehead atoms. The number of aryl methyl sites for hydroxylation is 5. The summed E-state index contributed by atoms with van der Waals surface area (Å²) >= 11 is 6.19. The van der Waals surface area contributed by atoms with Crippen molar-refractivity contribution in [3.05, 3.63) is 176 Å². The highest BCUT2D eigenvalue weighted by Gasteiger charge is 2.47. The molecule has 0 unspecified atom stereocenters. The molecule has 0 atom stereocenters. The highest BCUT2D eigenvalue weighted by molar-refractivity contribution is 6.31. The van der Waals surface area contributed by atoms with Crippen LogP contribution in [0.25, 0.3) is 0 Å². The number of hydrogen-bond acceptors (Lipinski definition) is 12. The normalized spacial score (nSPS) is 21.3. The number of carbonyl (C=O) groups is 6. The lowest BCUT2D eigenvalue weighted by Crippen LogP contribution is -2.42. The van der Waals surface area contributed by atoms with Gasteiger partial charge >= 0.3 is 42.0 Å². The topological polar surface area (TPSA) is 243 Å². The third kappa shape index (κ3) is 33.7. The van der Waals surface area contributed by atoms with Crippen molar-refractivity contribution in [1.29, 1.82) is 0 Å². The summed E-state index contributed by atoms with van der Waals surface area (Å²) < 4.78 is 149. The Bertz CT molecular complexity index is 5030. The van der Waals surface area contributed by atoms with Gasteiger partial charge in [-0.2, -0.15) is 13.2 Å². The second-order valence-corrected chi connectivity index (χ2v) is 48.6. The van der Waals surface area contributed by atoms with Crippen molar-refractivity contribution in [2.24, 2.45) is 68.0 Å². The van der Waals surface area contributed by atoms with Crippen LogP contribution in [0.2, 0.25) is 5.02 Å². The van der Waals surface area contributed by atoms with Crippen molar-refractivity contribution in [2.45, 2.75) is 349 Å². The number of alkyl halides is 9. The number of aliphatic carboxylic acids is 6. The minimum Gasteiger partial charge on any atom is -0.481 e. The third-order valence-corrected chi connectivity index (χ3v) is 37.1. The monoisotopic (exact) mass is 2120 g/mol. The van der Waals surface area contributed by atoms with Crippen molar-refractivity contribution >= 4 is 81.5 Å². The standard InChI is InChI=1S/C21H26F5NO2.C21H29F2NO2.C20H26F3NO2.C20H29NO2.C19H26ClNO2.C19H26FNO2/c1-19(22,23)15-11-16(21(24,25)26)13-17(12-15)27-8-6-20(7-9-27)4-2-14(3-5-20)10-18(28)29;1-15-11-17(20(2,22)23)14-18(12-15)24-9-7-21(8-10-24)5-3-16(4-6-21)13-19(25)26;1-19(22,23)15-11-16(21)13-17(12-15)24-8-6-20(7-9-24)4-2-14(3-5-20)10-18(25)26;1-15-11-16(2)13-18(12-15)21-9-7-20(8-10-21)5-3-17(4-6-20)14-19(22)23;2*1-14-10-16(20)13-17(11-14)21-8-6-19(7-9-21)4-2-15(3-5-19)12-18(22)23/h11-14H,2-10H2,1H3,(H,28,29);11-12,14,16H,3-10,13H2,1-2H3,(H,25,26);11-14H,2-10H2,1H3,(H,25,26);11-13,17H,3-10,14H2,1-2H3,(H,22,23);2*10-11,13,15H,2-9,12H2,1H3,(H,22,23). The summed E-state index contributed by atoms with van der Waals surface area (Å²) in [6.45, 7) is 23.3. The van der Waals surface area contributed by atoms with E-state index >= 15 is 0 Å². The van der Waals surface area contributed by atoms with E-state index in [9.17, 15) is 77.1 Å². The van der Waals surface area contributed by atoms with Crippen molar-refractivity contribution in [1.82, 2.24) is 0 Å². The van der Waals surface area contributed by atoms with E-state index in [-0.39, 0.29) is 58.1 Å². The Morgan fingerprint density at radius 1 is 0.247 bits per heavy atom. The molecule has 0 aromatic heterocycles. The zero-order valence-corrected chi connectivity index (χ0v) is 90.1. The highest BCUT2D eigenvalue weighted by Crippen LogP contribution is 2.56. The first-order valence-corrected chi connectivity index (χ1v) is 55.7. The van der Waals surface area contributed by atoms with E-state index in [2.05, 4.69) is 76.8 Å². The molecule has 18 nitrogen and oxygen atoms in total. The zero-order chi connectivity index (χ0) is 109. The van der Waals surface area contributed by atoms with Gasteiger partial charge in [0.1, 0.15) is 11.6 Å². The minimum atomic E-state index is -4.68. The van der Waals surface area contributed by atoms with Crippen LogP contribution in [0.4, 0.5) is 82.4 Å². The van der Waals surface area contributed by atoms with Crippen LogP contribution >= 0.6 is 11.6 Å². The van der Waals surface area contributed by atoms with Gasteiger partial charge in [-0.3, -0.25) is 28.8 Å². The van der Waals surface area contributed by atoms with Crippen LogP contribution in [-0.4, -0.2) is 145 Å². The lowest BCUT2D eigenvalue weighted by Gasteiger charge is -2.46. The molecule has 6 saturated heterocycles. The number of anilines is 6. The Balaban J connectivity index is 0.000000150. The molecule has 6 N–H and O–H groups in total. The summed E-state index contributed by atoms with van der Waals surface area (Å²) in [7, 11) is 0. The molecule has 6 spiro atoms. The first kappa shape index (κ1) is 118. The molecular weight excluding hydrogens is 1960 g/mol. The summed E-state index contributed by atoms with van der Waals surface area (Å²) in [6, 6.07) is 29.8. The fourth-order valence-corrected chi connectivity index (χ4v) is 27.5. The number of nitrogens with zero attached hydrogens (tertiary/aromatic N) is 6. The smallest absolute Gasteiger partial charge is 0.416 e. The maximum absolute atomic E-state index is 13.8. The molecule has 150 heavy (non-hydrogen) atoms. The predicted molar refractivity (Wildman–Crippen MR) is 570 cm³/mol. The molecule has 6 saturated carbocycles. The minimum absolute atomic E-state index is 0.0852. The van der Waals surface area contributed by atoms with E-state index in [1.807, 2.05) is 30.9 Å². The molecule has 6 aliphatic carbocycles. The van der Waals surface area contributed by atoms with E-state index in [0.29, 0.717) is 103 Å². The maximum Gasteiger partial charge on any atom is 0.416 e. The fourth-order valence-electron chi connectivity index (χ4n) is 27.2. The van der Waals surface area contributed by atoms with Gasteiger partial charge in [-0.15, -0.1) is 0 Å². The number of piperidine rings is 6. The van der Waals surface area contributed by atoms with E-state index in [1.54, 1.807) is 29.2 Å². The van der Waals surface area contributed by atoms with E-state index < -0.39 is 76.7 Å². The quantitative estimate of drug-likeness (QED) is 0.0367. The zero-order valence-electron chi connectivity index (χ0n) is 89.4. The van der Waals surface area contributed by atoms with Crippen molar-refractivity contribution in [3.8, 4) is 0 Å². The molecule has 6 aromatic carbocycles. The van der Waals surface area contributed by atoms with Crippen molar-refractivity contribution < 1.29 is 108 Å². The van der Waals surface area contributed by atoms with Gasteiger partial charge in [-0.25, -0.2) is 35.1 Å². The SMILES string of the molecule is CC(F)(F)c1cc(F)cc(N2CCC3(CCC(CC(=O)O)CC3)CC2)c1.CC(F)(F)c1cc(N2CCC3(CCC(CC(=O)O)CC3)CC2)cc(C(F)(F)F)c1.Cc1cc(C)cc(N2CCC3(CCC(CC(=O)O)CC3)CC2)c1.Cc1cc(Cl)cc(N2CCC3(CCC(CC(=O)O)CC3)CC2)c1.Cc1cc(F)cc(N2CCC3(CCC(CC(=O)O)CC3)CC2)c1.Cc1cc(N2CCC3(CCC(CC(=O)O)CC3)CC2)cc(C(C)(F)F)c1. The number of carboxylic acids is 6. The first-order valence-electron chi connectivity index (χ1n) is 55.3. The van der Waals surface area contributed by atoms with Gasteiger partial charge in [0.25, 0.3) is 17.8 Å². The second-order valence-electron chi connectivity index (χ2n) is 48.2. The van der Waals surface area contributed by atoms with Gasteiger partial charge in [0.15, 0.2) is 0 Å². The van der Waals surface area contributed by atoms with Crippen LogP contribution < -0.4 is 29.4 Å². The molecule has 0 amide bonds. The molecule has 30 heteroatoms. The molecule has 6 aromatic rings. The van der Waals surface area contributed by atoms with Gasteiger partial charge in [0.05, 0.1) is 5.56 Å². The lowest BCUT2D eigenvalue weighted by atomic mass is 9.65. The van der Waals surface area contributed by atoms with Crippen LogP contribution in [0.15, 0.2) is 109 Å². The average molecular weight is 2130 g/mol. The molecule has 6 heterocycles. The average Bonchev–Trinajstić information content (AvgIpc) is 0.637. The van der Waals surface area contributed by atoms with Gasteiger partial charge in [-0.1, -0.05) is 17.7 Å². The van der Waals surface area contributed by atoms with Crippen LogP contribution in [0, 0.1) is 114 Å². The lowest BCUT2D eigenvalue weighted by molar-refractivity contribution is -0.139. The molecule has 828 valence electrons. The third-order valence-electron chi connectivity index (χ3n) is 36.9. The summed E-state index contributed by atoms with van der Waals surface area (Å²) in [5.74, 6) is -12.2. The summed E-state index contributed by atoms with van der Waals surface area (Å²) in [5, 5.41) is 54.5. The van der Waals surface area contributed by atoms with Crippen molar-refractivity contribution in [3.63, 3.8) is 0 Å². The summed E-state index contributed by atoms with van der Waals surface area (Å²) in [6.07, 6.45) is 35.2. The summed E-state index contributed by atoms with van der Waals surface area (Å²) in [5.41, 5.74) is 11.1. The molecule has 12 fully saturated rings. The second kappa shape index (κ2) is 50.3. The van der Waals surface area contributed by atoms with Crippen LogP contribution in [0.1, 0.15) is 341 Å². The van der Waals surface area contributed by atoms with E-state index in [1.165, 1.54) is 91.6 Å². The van der Waals surface area contributed by atoms with Crippen molar-refractivity contribution in [2.75, 3.05) is 108 Å². The summed E-state index contributed by atoms with van der Waals surface area (Å²) in [4.78, 5) is 78.5. The highest BCUT2D eigenvalue weighted by atomic mass is 35.5. The Labute approximate surface area is 885 Å². The number of hydrogen-bond donors (Lipinski definition) is 6. The molecule has 12 aliphatic rings. The molecule has 18 rings (SSSR count). The van der Waals surface area contributed by atoms with Crippen LogP contribution in [0.3, 0.4) is 0 Å². The number of carboxylic acid groups (broad SMARTS) is 6. The molecule has 6 aliphatic heterocycles. The van der Waals surface area contributed by atoms with Gasteiger partial charge in [0, 0.05) is 194 Å². The fraction of sp³-hybridized carbons (Fsp3) is 0.650. The van der Waals surface area contributed by atoms with E-state index in [0.717, 1.165) is 305 Å². The van der Waals surface area contributed by atoms with Gasteiger partial charge < -0.3 is 60.0 Å². The Kier molecular flexibility index (Phi) is 39.4. The Morgan fingerprint density at radius 3 is 0.653 bits per heavy atom. The number of rotatable bonds is 21. The molecular formula is C120H162ClF11N6O12. The first-order chi connectivity index (χ1) is 70.6. The Hall–Kier alpha value is -9.54. The Morgan fingerprint density at radius 2 is 0.427 bits per heavy atom. The largest absolute Gasteiger partial charge is 0.481 e. The number of benzene rings is 6. The number of halogens is 12. The molecule has 0 radical (unpaired) electrons.